The van der Waals surface area contributed by atoms with Gasteiger partial charge in [0.1, 0.15) is 11.9 Å². The number of benzene rings is 1. The van der Waals surface area contributed by atoms with Crippen molar-refractivity contribution in [3.63, 3.8) is 0 Å². The van der Waals surface area contributed by atoms with Crippen molar-refractivity contribution in [2.45, 2.75) is 25.4 Å². The molecule has 1 aromatic rings. The summed E-state index contributed by atoms with van der Waals surface area (Å²) in [6, 6.07) is 5.20. The summed E-state index contributed by atoms with van der Waals surface area (Å²) in [5.41, 5.74) is 0.688. The van der Waals surface area contributed by atoms with Crippen LogP contribution in [0.25, 0.3) is 0 Å². The number of likely N-dealkylation sites (N-methyl/N-ethyl adjacent to an activating group) is 1. The summed E-state index contributed by atoms with van der Waals surface area (Å²) in [6.07, 6.45) is 1.14. The maximum absolute atomic E-state index is 10.9. The minimum absolute atomic E-state index is 0.158. The minimum atomic E-state index is -0.859. The van der Waals surface area contributed by atoms with Crippen molar-refractivity contribution in [1.82, 2.24) is 4.90 Å². The zero-order chi connectivity index (χ0) is 14.0. The number of carboxylic acids is 1. The minimum Gasteiger partial charge on any atom is -0.487 e. The second-order valence-corrected chi connectivity index (χ2v) is 5.45. The van der Waals surface area contributed by atoms with Crippen molar-refractivity contribution in [2.24, 2.45) is 0 Å². The highest BCUT2D eigenvalue weighted by atomic mass is 35.5. The van der Waals surface area contributed by atoms with Crippen molar-refractivity contribution in [3.8, 4) is 5.75 Å². The molecule has 0 radical (unpaired) electrons. The highest BCUT2D eigenvalue weighted by Gasteiger charge is 2.22. The SMILES string of the molecule is CC(C(=O)O)c1ccc(OC2CCN(C)C2)c(Cl)c1. The maximum Gasteiger partial charge on any atom is 0.310 e. The number of hydrogen-bond donors (Lipinski definition) is 1. The van der Waals surface area contributed by atoms with Crippen LogP contribution in [-0.2, 0) is 4.79 Å². The zero-order valence-electron chi connectivity index (χ0n) is 11.1. The summed E-state index contributed by atoms with van der Waals surface area (Å²) in [5.74, 6) is -0.797. The Hall–Kier alpha value is -1.26. The Bertz CT molecular complexity index is 478. The van der Waals surface area contributed by atoms with Gasteiger partial charge in [0.25, 0.3) is 0 Å². The van der Waals surface area contributed by atoms with Crippen molar-refractivity contribution < 1.29 is 14.6 Å². The number of likely N-dealkylation sites (tertiary alicyclic amines) is 1. The van der Waals surface area contributed by atoms with Crippen molar-refractivity contribution in [2.75, 3.05) is 20.1 Å². The molecule has 2 unspecified atom stereocenters. The van der Waals surface area contributed by atoms with E-state index in [0.29, 0.717) is 16.3 Å². The topological polar surface area (TPSA) is 49.8 Å². The molecule has 0 spiro atoms. The van der Waals surface area contributed by atoms with Crippen LogP contribution < -0.4 is 4.74 Å². The molecule has 0 amide bonds. The van der Waals surface area contributed by atoms with Crippen LogP contribution in [-0.4, -0.2) is 42.2 Å². The van der Waals surface area contributed by atoms with Crippen LogP contribution in [0, 0.1) is 0 Å². The number of rotatable bonds is 4. The lowest BCUT2D eigenvalue weighted by Gasteiger charge is -2.16. The number of halogens is 1. The first-order valence-corrected chi connectivity index (χ1v) is 6.72. The average molecular weight is 284 g/mol. The molecule has 1 heterocycles. The van der Waals surface area contributed by atoms with Crippen molar-refractivity contribution in [3.05, 3.63) is 28.8 Å². The van der Waals surface area contributed by atoms with Gasteiger partial charge >= 0.3 is 5.97 Å². The first kappa shape index (κ1) is 14.2. The van der Waals surface area contributed by atoms with Crippen LogP contribution in [0.1, 0.15) is 24.8 Å². The molecule has 4 nitrogen and oxygen atoms in total. The van der Waals surface area contributed by atoms with Gasteiger partial charge in [-0.05, 0) is 38.1 Å². The molecule has 1 aliphatic rings. The first-order valence-electron chi connectivity index (χ1n) is 6.35. The lowest BCUT2D eigenvalue weighted by Crippen LogP contribution is -2.21. The fraction of sp³-hybridized carbons (Fsp3) is 0.500. The van der Waals surface area contributed by atoms with Crippen molar-refractivity contribution >= 4 is 17.6 Å². The Morgan fingerprint density at radius 1 is 1.58 bits per heavy atom. The van der Waals surface area contributed by atoms with Crippen LogP contribution in [0.15, 0.2) is 18.2 Å². The van der Waals surface area contributed by atoms with E-state index in [9.17, 15) is 4.79 Å². The van der Waals surface area contributed by atoms with Gasteiger partial charge in [0.2, 0.25) is 0 Å². The van der Waals surface area contributed by atoms with Gasteiger partial charge in [0.05, 0.1) is 10.9 Å². The highest BCUT2D eigenvalue weighted by Crippen LogP contribution is 2.30. The monoisotopic (exact) mass is 283 g/mol. The number of aliphatic carboxylic acids is 1. The van der Waals surface area contributed by atoms with Crippen LogP contribution in [0.3, 0.4) is 0 Å². The Kier molecular flexibility index (Phi) is 4.32. The molecule has 1 fully saturated rings. The number of ether oxygens (including phenoxy) is 1. The first-order chi connectivity index (χ1) is 8.97. The van der Waals surface area contributed by atoms with Gasteiger partial charge in [-0.15, -0.1) is 0 Å². The standard InChI is InChI=1S/C14H18ClNO3/c1-9(14(17)18)10-3-4-13(12(15)7-10)19-11-5-6-16(2)8-11/h3-4,7,9,11H,5-6,8H2,1-2H3,(H,17,18). The number of nitrogens with zero attached hydrogens (tertiary/aromatic N) is 1. The zero-order valence-corrected chi connectivity index (χ0v) is 11.9. The van der Waals surface area contributed by atoms with E-state index in [1.54, 1.807) is 25.1 Å². The molecule has 1 aliphatic heterocycles. The second-order valence-electron chi connectivity index (χ2n) is 5.04. The van der Waals surface area contributed by atoms with Gasteiger partial charge in [-0.2, -0.15) is 0 Å². The van der Waals surface area contributed by atoms with Gasteiger partial charge in [0.15, 0.2) is 0 Å². The molecule has 0 aromatic heterocycles. The van der Waals surface area contributed by atoms with Crippen molar-refractivity contribution in [1.29, 1.82) is 0 Å². The fourth-order valence-electron chi connectivity index (χ4n) is 2.19. The third-order valence-electron chi connectivity index (χ3n) is 3.47. The smallest absolute Gasteiger partial charge is 0.310 e. The maximum atomic E-state index is 10.9. The van der Waals surface area contributed by atoms with E-state index in [1.165, 1.54) is 0 Å². The Morgan fingerprint density at radius 3 is 2.84 bits per heavy atom. The predicted molar refractivity (Wildman–Crippen MR) is 74.0 cm³/mol. The summed E-state index contributed by atoms with van der Waals surface area (Å²) in [7, 11) is 2.06. The number of carbonyl (C=O) groups is 1. The lowest BCUT2D eigenvalue weighted by molar-refractivity contribution is -0.138. The van der Waals surface area contributed by atoms with E-state index in [2.05, 4.69) is 11.9 Å². The molecular weight excluding hydrogens is 266 g/mol. The predicted octanol–water partition coefficient (Wildman–Crippen LogP) is 2.61. The molecule has 0 bridgehead atoms. The number of hydrogen-bond acceptors (Lipinski definition) is 3. The van der Waals surface area contributed by atoms with Crippen LogP contribution in [0.2, 0.25) is 5.02 Å². The van der Waals surface area contributed by atoms with Crippen LogP contribution >= 0.6 is 11.6 Å². The highest BCUT2D eigenvalue weighted by molar-refractivity contribution is 6.32. The lowest BCUT2D eigenvalue weighted by atomic mass is 10.0. The molecule has 0 aliphatic carbocycles. The third kappa shape index (κ3) is 3.39. The van der Waals surface area contributed by atoms with E-state index < -0.39 is 11.9 Å². The van der Waals surface area contributed by atoms with Gasteiger partial charge in [-0.25, -0.2) is 0 Å². The molecule has 0 saturated carbocycles. The molecule has 1 N–H and O–H groups in total. The number of carboxylic acid groups (broad SMARTS) is 1. The largest absolute Gasteiger partial charge is 0.487 e. The molecule has 19 heavy (non-hydrogen) atoms. The average Bonchev–Trinajstić information content (AvgIpc) is 2.76. The summed E-state index contributed by atoms with van der Waals surface area (Å²) < 4.78 is 5.85. The van der Waals surface area contributed by atoms with E-state index in [4.69, 9.17) is 21.4 Å². The molecule has 104 valence electrons. The summed E-state index contributed by atoms with van der Waals surface area (Å²) in [5, 5.41) is 9.45. The van der Waals surface area contributed by atoms with Gasteiger partial charge < -0.3 is 14.7 Å². The molecule has 2 atom stereocenters. The Balaban J connectivity index is 2.09. The van der Waals surface area contributed by atoms with E-state index >= 15 is 0 Å². The van der Waals surface area contributed by atoms with E-state index in [0.717, 1.165) is 19.5 Å². The second kappa shape index (κ2) is 5.80. The normalized spacial score (nSPS) is 21.3. The third-order valence-corrected chi connectivity index (χ3v) is 3.76. The molecular formula is C14H18ClNO3. The van der Waals surface area contributed by atoms with Crippen LogP contribution in [0.4, 0.5) is 0 Å². The van der Waals surface area contributed by atoms with E-state index in [-0.39, 0.29) is 6.10 Å². The fourth-order valence-corrected chi connectivity index (χ4v) is 2.43. The van der Waals surface area contributed by atoms with Gasteiger partial charge in [-0.1, -0.05) is 17.7 Å². The molecule has 2 rings (SSSR count). The quantitative estimate of drug-likeness (QED) is 0.923. The molecule has 5 heteroatoms. The van der Waals surface area contributed by atoms with E-state index in [1.807, 2.05) is 0 Å². The van der Waals surface area contributed by atoms with Gasteiger partial charge in [0, 0.05) is 13.1 Å². The Labute approximate surface area is 117 Å². The summed E-state index contributed by atoms with van der Waals surface area (Å²) >= 11 is 6.16. The summed E-state index contributed by atoms with van der Waals surface area (Å²) in [6.45, 7) is 3.56. The van der Waals surface area contributed by atoms with Gasteiger partial charge in [-0.3, -0.25) is 4.79 Å². The molecule has 1 saturated heterocycles. The van der Waals surface area contributed by atoms with Crippen LogP contribution in [0.5, 0.6) is 5.75 Å². The summed E-state index contributed by atoms with van der Waals surface area (Å²) in [4.78, 5) is 13.1. The Morgan fingerprint density at radius 2 is 2.32 bits per heavy atom. The molecule has 1 aromatic carbocycles.